The van der Waals surface area contributed by atoms with Crippen molar-refractivity contribution in [2.45, 2.75) is 62.8 Å². The van der Waals surface area contributed by atoms with Gasteiger partial charge >= 0.3 is 21.7 Å². The maximum Gasteiger partial charge on any atom is 0.534 e. The van der Waals surface area contributed by atoms with E-state index in [1.165, 1.54) is 28.2 Å². The molecule has 0 aromatic heterocycles. The third-order valence-electron chi connectivity index (χ3n) is 7.09. The van der Waals surface area contributed by atoms with Crippen molar-refractivity contribution in [3.63, 3.8) is 0 Å². The molecule has 1 atom stereocenters. The number of rotatable bonds is 6. The third kappa shape index (κ3) is 5.27. The van der Waals surface area contributed by atoms with E-state index in [0.29, 0.717) is 37.9 Å². The van der Waals surface area contributed by atoms with Gasteiger partial charge in [-0.1, -0.05) is 37.3 Å². The van der Waals surface area contributed by atoms with Crippen molar-refractivity contribution in [3.8, 4) is 5.75 Å². The third-order valence-corrected chi connectivity index (χ3v) is 8.05. The van der Waals surface area contributed by atoms with Gasteiger partial charge in [-0.15, -0.1) is 0 Å². The highest BCUT2D eigenvalue weighted by Crippen LogP contribution is 2.43. The molecule has 1 heterocycles. The van der Waals surface area contributed by atoms with Crippen LogP contribution in [0.3, 0.4) is 0 Å². The van der Waals surface area contributed by atoms with E-state index in [1.807, 2.05) is 6.07 Å². The Kier molecular flexibility index (Phi) is 7.04. The van der Waals surface area contributed by atoms with Crippen LogP contribution in [0.2, 0.25) is 0 Å². The number of hydrogen-bond acceptors (Lipinski definition) is 4. The summed E-state index contributed by atoms with van der Waals surface area (Å²) in [7, 11) is -5.75. The SMILES string of the molecule is CCc1cc(CC2CCc3cccc(OS(=O)(=O)C(F)(F)F)c32)ccc1C1CCN(C(=O)O)CC1. The van der Waals surface area contributed by atoms with Crippen LogP contribution in [0.15, 0.2) is 36.4 Å². The van der Waals surface area contributed by atoms with E-state index >= 15 is 0 Å². The number of likely N-dealkylation sites (tertiary alicyclic amines) is 1. The monoisotopic (exact) mass is 511 g/mol. The van der Waals surface area contributed by atoms with Gasteiger partial charge in [0.25, 0.3) is 0 Å². The molecular formula is C25H28F3NO5S. The fourth-order valence-corrected chi connectivity index (χ4v) is 5.82. The first-order valence-corrected chi connectivity index (χ1v) is 13.1. The topological polar surface area (TPSA) is 83.9 Å². The number of benzene rings is 2. The molecule has 4 rings (SSSR count). The highest BCUT2D eigenvalue weighted by atomic mass is 32.2. The summed E-state index contributed by atoms with van der Waals surface area (Å²) in [5, 5.41) is 9.19. The molecule has 1 unspecified atom stereocenters. The summed E-state index contributed by atoms with van der Waals surface area (Å²) in [4.78, 5) is 12.6. The fraction of sp³-hybridized carbons (Fsp3) is 0.480. The van der Waals surface area contributed by atoms with Crippen molar-refractivity contribution in [1.82, 2.24) is 4.90 Å². The Balaban J connectivity index is 1.54. The maximum atomic E-state index is 12.9. The van der Waals surface area contributed by atoms with Crippen LogP contribution in [-0.2, 0) is 29.4 Å². The van der Waals surface area contributed by atoms with Crippen molar-refractivity contribution >= 4 is 16.2 Å². The van der Waals surface area contributed by atoms with Gasteiger partial charge in [0.2, 0.25) is 0 Å². The molecule has 10 heteroatoms. The summed E-state index contributed by atoms with van der Waals surface area (Å²) < 4.78 is 66.5. The minimum atomic E-state index is -5.75. The van der Waals surface area contributed by atoms with Crippen LogP contribution in [0.5, 0.6) is 5.75 Å². The summed E-state index contributed by atoms with van der Waals surface area (Å²) >= 11 is 0. The van der Waals surface area contributed by atoms with Crippen LogP contribution in [0, 0.1) is 0 Å². The highest BCUT2D eigenvalue weighted by molar-refractivity contribution is 7.88. The van der Waals surface area contributed by atoms with Gasteiger partial charge in [-0.25, -0.2) is 4.79 Å². The number of carbonyl (C=O) groups is 1. The van der Waals surface area contributed by atoms with Crippen LogP contribution in [0.1, 0.15) is 65.8 Å². The Labute approximate surface area is 202 Å². The molecule has 2 aromatic carbocycles. The normalized spacial score (nSPS) is 19.0. The maximum absolute atomic E-state index is 12.9. The van der Waals surface area contributed by atoms with E-state index in [0.717, 1.165) is 30.4 Å². The molecule has 6 nitrogen and oxygen atoms in total. The van der Waals surface area contributed by atoms with Crippen LogP contribution >= 0.6 is 0 Å². The number of alkyl halides is 3. The first kappa shape index (κ1) is 25.3. The first-order valence-electron chi connectivity index (χ1n) is 11.7. The number of halogens is 3. The molecule has 0 spiro atoms. The summed E-state index contributed by atoms with van der Waals surface area (Å²) in [6.07, 6.45) is 3.35. The van der Waals surface area contributed by atoms with Gasteiger partial charge in [-0.3, -0.25) is 0 Å². The van der Waals surface area contributed by atoms with E-state index < -0.39 is 21.7 Å². The standard InChI is InChI=1S/C25H28F3NO5S/c1-2-17-14-16(6-9-21(17)18-10-12-29(13-11-18)24(30)31)15-20-8-7-19-4-3-5-22(23(19)20)34-35(32,33)25(26,27)28/h3-6,9,14,18,20H,2,7-8,10-13,15H2,1H3,(H,30,31). The number of aryl methyl sites for hydroxylation is 2. The second-order valence-corrected chi connectivity index (χ2v) is 10.7. The smallest absolute Gasteiger partial charge is 0.465 e. The number of piperidine rings is 1. The highest BCUT2D eigenvalue weighted by Gasteiger charge is 2.49. The molecule has 0 radical (unpaired) electrons. The van der Waals surface area contributed by atoms with E-state index in [2.05, 4.69) is 23.2 Å². The molecule has 1 fully saturated rings. The van der Waals surface area contributed by atoms with Gasteiger partial charge in [-0.05, 0) is 78.7 Å². The lowest BCUT2D eigenvalue weighted by Crippen LogP contribution is -2.37. The average molecular weight is 512 g/mol. The van der Waals surface area contributed by atoms with Crippen molar-refractivity contribution in [1.29, 1.82) is 0 Å². The molecule has 0 saturated carbocycles. The molecule has 2 aromatic rings. The molecule has 1 saturated heterocycles. The zero-order valence-corrected chi connectivity index (χ0v) is 20.2. The fourth-order valence-electron chi connectivity index (χ4n) is 5.34. The summed E-state index contributed by atoms with van der Waals surface area (Å²) in [5.74, 6) is -0.117. The predicted octanol–water partition coefficient (Wildman–Crippen LogP) is 5.61. The van der Waals surface area contributed by atoms with Crippen molar-refractivity contribution in [2.75, 3.05) is 13.1 Å². The largest absolute Gasteiger partial charge is 0.534 e. The molecule has 0 bridgehead atoms. The summed E-state index contributed by atoms with van der Waals surface area (Å²) in [6.45, 7) is 3.08. The van der Waals surface area contributed by atoms with Gasteiger partial charge in [0, 0.05) is 18.7 Å². The van der Waals surface area contributed by atoms with E-state index in [1.54, 1.807) is 6.07 Å². The molecular weight excluding hydrogens is 483 g/mol. The average Bonchev–Trinajstić information content (AvgIpc) is 3.22. The van der Waals surface area contributed by atoms with Crippen molar-refractivity contribution < 1.29 is 35.7 Å². The number of hydrogen-bond donors (Lipinski definition) is 1. The Morgan fingerprint density at radius 3 is 2.49 bits per heavy atom. The number of nitrogens with zero attached hydrogens (tertiary/aromatic N) is 1. The lowest BCUT2D eigenvalue weighted by Gasteiger charge is -2.31. The Bertz CT molecular complexity index is 1200. The number of fused-ring (bicyclic) bond motifs is 1. The Morgan fingerprint density at radius 2 is 1.86 bits per heavy atom. The van der Waals surface area contributed by atoms with Gasteiger partial charge < -0.3 is 14.2 Å². The van der Waals surface area contributed by atoms with Crippen molar-refractivity contribution in [3.05, 3.63) is 64.2 Å². The number of amides is 1. The lowest BCUT2D eigenvalue weighted by atomic mass is 9.84. The molecule has 1 N–H and O–H groups in total. The lowest BCUT2D eigenvalue weighted by molar-refractivity contribution is -0.0500. The van der Waals surface area contributed by atoms with Crippen LogP contribution in [-0.4, -0.2) is 43.1 Å². The minimum Gasteiger partial charge on any atom is -0.465 e. The van der Waals surface area contributed by atoms with Crippen LogP contribution < -0.4 is 4.18 Å². The molecule has 1 aliphatic carbocycles. The van der Waals surface area contributed by atoms with Gasteiger partial charge in [-0.2, -0.15) is 21.6 Å². The Morgan fingerprint density at radius 1 is 1.14 bits per heavy atom. The molecule has 1 amide bonds. The summed E-state index contributed by atoms with van der Waals surface area (Å²) in [6, 6.07) is 10.8. The molecule has 190 valence electrons. The first-order chi connectivity index (χ1) is 16.5. The second-order valence-electron chi connectivity index (χ2n) is 9.18. The predicted molar refractivity (Wildman–Crippen MR) is 124 cm³/mol. The van der Waals surface area contributed by atoms with Gasteiger partial charge in [0.15, 0.2) is 0 Å². The van der Waals surface area contributed by atoms with Crippen LogP contribution in [0.25, 0.3) is 0 Å². The molecule has 35 heavy (non-hydrogen) atoms. The van der Waals surface area contributed by atoms with Crippen molar-refractivity contribution in [2.24, 2.45) is 0 Å². The van der Waals surface area contributed by atoms with E-state index in [-0.39, 0.29) is 17.6 Å². The zero-order chi connectivity index (χ0) is 25.4. The number of carboxylic acid groups (broad SMARTS) is 1. The summed E-state index contributed by atoms with van der Waals surface area (Å²) in [5.41, 5.74) is -0.728. The van der Waals surface area contributed by atoms with Gasteiger partial charge in [0.1, 0.15) is 5.75 Å². The second kappa shape index (κ2) is 9.72. The quantitative estimate of drug-likeness (QED) is 0.403. The zero-order valence-electron chi connectivity index (χ0n) is 19.3. The van der Waals surface area contributed by atoms with E-state index in [4.69, 9.17) is 0 Å². The minimum absolute atomic E-state index is 0.154. The molecule has 1 aliphatic heterocycles. The Hall–Kier alpha value is -2.75. The molecule has 2 aliphatic rings. The van der Waals surface area contributed by atoms with Gasteiger partial charge in [0.05, 0.1) is 0 Å². The van der Waals surface area contributed by atoms with E-state index in [9.17, 15) is 31.5 Å². The van der Waals surface area contributed by atoms with Crippen LogP contribution in [0.4, 0.5) is 18.0 Å².